The van der Waals surface area contributed by atoms with Crippen molar-refractivity contribution in [1.29, 1.82) is 0 Å². The summed E-state index contributed by atoms with van der Waals surface area (Å²) in [5, 5.41) is 7.33. The van der Waals surface area contributed by atoms with Crippen LogP contribution in [-0.4, -0.2) is 19.1 Å². The summed E-state index contributed by atoms with van der Waals surface area (Å²) < 4.78 is 7.15. The molecule has 51 heavy (non-hydrogen) atoms. The van der Waals surface area contributed by atoms with Gasteiger partial charge in [-0.25, -0.2) is 9.97 Å². The summed E-state index contributed by atoms with van der Waals surface area (Å²) in [6, 6.07) is 60.5. The van der Waals surface area contributed by atoms with E-state index in [0.717, 1.165) is 44.8 Å². The maximum atomic E-state index is 5.45. The summed E-state index contributed by atoms with van der Waals surface area (Å²) in [6.07, 6.45) is 0. The second-order valence-electron chi connectivity index (χ2n) is 13.0. The van der Waals surface area contributed by atoms with Gasteiger partial charge in [-0.1, -0.05) is 121 Å². The zero-order chi connectivity index (χ0) is 33.5. The fraction of sp³-hybridized carbons (Fsp3) is 0. The third-order valence-electron chi connectivity index (χ3n) is 10.1. The van der Waals surface area contributed by atoms with E-state index >= 15 is 0 Å². The number of nitrogens with zero attached hydrogens (tertiary/aromatic N) is 4. The van der Waals surface area contributed by atoms with Crippen LogP contribution in [0.4, 0.5) is 0 Å². The molecule has 0 aliphatic heterocycles. The minimum atomic E-state index is 0.650. The van der Waals surface area contributed by atoms with Crippen LogP contribution in [0, 0.1) is 0 Å². The Hall–Kier alpha value is -6.56. The zero-order valence-corrected chi connectivity index (χ0v) is 28.2. The molecule has 5 heteroatoms. The normalized spacial score (nSPS) is 11.9. The van der Waals surface area contributed by atoms with Crippen LogP contribution in [0.1, 0.15) is 0 Å². The fourth-order valence-electron chi connectivity index (χ4n) is 7.88. The summed E-state index contributed by atoms with van der Waals surface area (Å²) in [5.41, 5.74) is 9.57. The Bertz CT molecular complexity index is 3130. The van der Waals surface area contributed by atoms with E-state index in [2.05, 4.69) is 179 Å². The van der Waals surface area contributed by atoms with Crippen molar-refractivity contribution in [3.8, 4) is 34.2 Å². The van der Waals surface area contributed by atoms with Crippen LogP contribution in [0.5, 0.6) is 0 Å². The maximum Gasteiger partial charge on any atom is 0.235 e. The molecule has 11 aromatic rings. The molecule has 0 aliphatic rings. The molecular weight excluding hydrogens is 641 g/mol. The number of para-hydroxylation sites is 3. The molecule has 4 nitrogen and oxygen atoms in total. The number of aromatic nitrogens is 4. The highest BCUT2D eigenvalue weighted by atomic mass is 32.1. The lowest BCUT2D eigenvalue weighted by molar-refractivity contribution is 0.996. The minimum absolute atomic E-state index is 0.650. The smallest absolute Gasteiger partial charge is 0.235 e. The van der Waals surface area contributed by atoms with Gasteiger partial charge in [-0.15, -0.1) is 11.3 Å². The average Bonchev–Trinajstić information content (AvgIpc) is 3.85. The molecule has 238 valence electrons. The van der Waals surface area contributed by atoms with Gasteiger partial charge in [0.2, 0.25) is 5.95 Å². The molecule has 0 amide bonds. The molecular formula is C46H28N4S. The van der Waals surface area contributed by atoms with Gasteiger partial charge in [0.05, 0.1) is 33.5 Å². The Morgan fingerprint density at radius 2 is 0.980 bits per heavy atom. The van der Waals surface area contributed by atoms with E-state index in [1.165, 1.54) is 47.2 Å². The standard InChI is InChI=1S/C46H28N4S/c1-3-14-29(15-4-1)38-27-39(35-22-13-21-34-33-20-9-12-25-44(33)51-45(34)35)48-46(47-38)50-41-24-11-8-19-32(41)37-26-36-31-18-7-10-23-40(31)49(42(36)28-43(37)50)30-16-5-2-6-17-30/h1-28H. The van der Waals surface area contributed by atoms with Crippen molar-refractivity contribution >= 4 is 75.1 Å². The summed E-state index contributed by atoms with van der Waals surface area (Å²) in [6.45, 7) is 0. The number of benzene rings is 7. The third kappa shape index (κ3) is 4.25. The van der Waals surface area contributed by atoms with Gasteiger partial charge in [-0.05, 0) is 48.5 Å². The Balaban J connectivity index is 1.25. The average molecular weight is 669 g/mol. The highest BCUT2D eigenvalue weighted by Crippen LogP contribution is 2.42. The lowest BCUT2D eigenvalue weighted by Gasteiger charge is -2.13. The first-order chi connectivity index (χ1) is 25.3. The van der Waals surface area contributed by atoms with Gasteiger partial charge in [0.15, 0.2) is 0 Å². The van der Waals surface area contributed by atoms with Crippen molar-refractivity contribution in [3.63, 3.8) is 0 Å². The topological polar surface area (TPSA) is 35.6 Å². The van der Waals surface area contributed by atoms with E-state index in [4.69, 9.17) is 9.97 Å². The minimum Gasteiger partial charge on any atom is -0.309 e. The Morgan fingerprint density at radius 3 is 1.75 bits per heavy atom. The molecule has 0 spiro atoms. The number of hydrogen-bond acceptors (Lipinski definition) is 3. The van der Waals surface area contributed by atoms with E-state index in [1.807, 2.05) is 11.3 Å². The molecule has 0 saturated heterocycles. The summed E-state index contributed by atoms with van der Waals surface area (Å²) in [7, 11) is 0. The second kappa shape index (κ2) is 11.0. The van der Waals surface area contributed by atoms with Gasteiger partial charge in [0.1, 0.15) is 0 Å². The van der Waals surface area contributed by atoms with Crippen molar-refractivity contribution in [1.82, 2.24) is 19.1 Å². The van der Waals surface area contributed by atoms with Crippen molar-refractivity contribution in [3.05, 3.63) is 170 Å². The first-order valence-corrected chi connectivity index (χ1v) is 18.0. The van der Waals surface area contributed by atoms with Gasteiger partial charge >= 0.3 is 0 Å². The SMILES string of the molecule is c1ccc(-c2cc(-c3cccc4c3sc3ccccc34)nc(-n3c4ccccc4c4cc5c6ccccc6n(-c6ccccc6)c5cc43)n2)cc1. The Kier molecular flexibility index (Phi) is 6.09. The first kappa shape index (κ1) is 28.3. The highest BCUT2D eigenvalue weighted by molar-refractivity contribution is 7.26. The van der Waals surface area contributed by atoms with Crippen LogP contribution in [-0.2, 0) is 0 Å². The van der Waals surface area contributed by atoms with Crippen molar-refractivity contribution in [2.75, 3.05) is 0 Å². The van der Waals surface area contributed by atoms with Crippen molar-refractivity contribution < 1.29 is 0 Å². The first-order valence-electron chi connectivity index (χ1n) is 17.2. The fourth-order valence-corrected chi connectivity index (χ4v) is 9.10. The molecule has 0 radical (unpaired) electrons. The lowest BCUT2D eigenvalue weighted by Crippen LogP contribution is -2.04. The largest absolute Gasteiger partial charge is 0.309 e. The van der Waals surface area contributed by atoms with Crippen LogP contribution in [0.2, 0.25) is 0 Å². The molecule has 0 saturated carbocycles. The molecule has 4 aromatic heterocycles. The monoisotopic (exact) mass is 668 g/mol. The number of hydrogen-bond donors (Lipinski definition) is 0. The quantitative estimate of drug-likeness (QED) is 0.187. The zero-order valence-electron chi connectivity index (χ0n) is 27.4. The molecule has 11 rings (SSSR count). The van der Waals surface area contributed by atoms with Crippen LogP contribution in [0.3, 0.4) is 0 Å². The van der Waals surface area contributed by atoms with Gasteiger partial charge in [-0.2, -0.15) is 0 Å². The van der Waals surface area contributed by atoms with Crippen LogP contribution >= 0.6 is 11.3 Å². The van der Waals surface area contributed by atoms with Gasteiger partial charge in [0, 0.05) is 58.5 Å². The van der Waals surface area contributed by atoms with Gasteiger partial charge in [0.25, 0.3) is 0 Å². The molecule has 0 aliphatic carbocycles. The maximum absolute atomic E-state index is 5.45. The molecule has 0 fully saturated rings. The predicted molar refractivity (Wildman–Crippen MR) is 214 cm³/mol. The van der Waals surface area contributed by atoms with E-state index < -0.39 is 0 Å². The summed E-state index contributed by atoms with van der Waals surface area (Å²) in [4.78, 5) is 10.8. The van der Waals surface area contributed by atoms with E-state index in [-0.39, 0.29) is 0 Å². The number of thiophene rings is 1. The van der Waals surface area contributed by atoms with E-state index in [9.17, 15) is 0 Å². The molecule has 0 atom stereocenters. The van der Waals surface area contributed by atoms with Crippen LogP contribution in [0.25, 0.3) is 97.9 Å². The lowest BCUT2D eigenvalue weighted by atomic mass is 10.0. The Morgan fingerprint density at radius 1 is 0.392 bits per heavy atom. The van der Waals surface area contributed by atoms with E-state index in [1.54, 1.807) is 0 Å². The summed E-state index contributed by atoms with van der Waals surface area (Å²) >= 11 is 1.83. The molecule has 0 bridgehead atoms. The Labute approximate surface area is 297 Å². The molecule has 0 N–H and O–H groups in total. The highest BCUT2D eigenvalue weighted by Gasteiger charge is 2.21. The predicted octanol–water partition coefficient (Wildman–Crippen LogP) is 12.4. The third-order valence-corrected chi connectivity index (χ3v) is 11.4. The number of fused-ring (bicyclic) bond motifs is 9. The van der Waals surface area contributed by atoms with Gasteiger partial charge < -0.3 is 4.57 Å². The van der Waals surface area contributed by atoms with E-state index in [0.29, 0.717) is 5.95 Å². The molecule has 4 heterocycles. The van der Waals surface area contributed by atoms with Crippen molar-refractivity contribution in [2.24, 2.45) is 0 Å². The molecule has 7 aromatic carbocycles. The number of rotatable bonds is 4. The van der Waals surface area contributed by atoms with Crippen molar-refractivity contribution in [2.45, 2.75) is 0 Å². The second-order valence-corrected chi connectivity index (χ2v) is 14.1. The molecule has 0 unspecified atom stereocenters. The van der Waals surface area contributed by atoms with Crippen LogP contribution in [0.15, 0.2) is 170 Å². The van der Waals surface area contributed by atoms with Crippen LogP contribution < -0.4 is 0 Å². The summed E-state index contributed by atoms with van der Waals surface area (Å²) in [5.74, 6) is 0.650. The van der Waals surface area contributed by atoms with Gasteiger partial charge in [-0.3, -0.25) is 4.57 Å².